The minimum absolute atomic E-state index is 0.237. The van der Waals surface area contributed by atoms with Gasteiger partial charge in [0.15, 0.2) is 6.61 Å². The lowest BCUT2D eigenvalue weighted by Gasteiger charge is -2.23. The highest BCUT2D eigenvalue weighted by molar-refractivity contribution is 9.09. The van der Waals surface area contributed by atoms with Crippen LogP contribution in [0.2, 0.25) is 0 Å². The van der Waals surface area contributed by atoms with Gasteiger partial charge in [0.1, 0.15) is 34.5 Å². The molecule has 0 radical (unpaired) electrons. The quantitative estimate of drug-likeness (QED) is 0.0850. The molecule has 0 bridgehead atoms. The minimum Gasteiger partial charge on any atom is -0.482 e. The van der Waals surface area contributed by atoms with Crippen molar-refractivity contribution < 1.29 is 51.9 Å². The van der Waals surface area contributed by atoms with Crippen molar-refractivity contribution in [1.82, 2.24) is 0 Å². The maximum absolute atomic E-state index is 12.3. The lowest BCUT2D eigenvalue weighted by Crippen LogP contribution is -2.25. The molecular weight excluding hydrogens is 682 g/mol. The first-order valence-corrected chi connectivity index (χ1v) is 15.5. The number of esters is 1. The van der Waals surface area contributed by atoms with Gasteiger partial charge < -0.3 is 33.5 Å². The van der Waals surface area contributed by atoms with Gasteiger partial charge in [0, 0.05) is 18.6 Å². The first kappa shape index (κ1) is 35.2. The van der Waals surface area contributed by atoms with Gasteiger partial charge in [-0.15, -0.1) is 0 Å². The van der Waals surface area contributed by atoms with Crippen LogP contribution >= 0.6 is 15.9 Å². The summed E-state index contributed by atoms with van der Waals surface area (Å²) in [6, 6.07) is 28.2. The van der Waals surface area contributed by atoms with E-state index in [9.17, 15) is 18.4 Å². The fourth-order valence-corrected chi connectivity index (χ4v) is 4.59. The number of hydrogen-bond acceptors (Lipinski definition) is 8. The Balaban J connectivity index is 1.47. The van der Waals surface area contributed by atoms with E-state index >= 15 is 0 Å². The number of carbonyl (C=O) groups excluding carboxylic acids is 1. The number of carboxylic acids is 1. The van der Waals surface area contributed by atoms with Gasteiger partial charge in [0.25, 0.3) is 0 Å². The number of para-hydroxylation sites is 1. The molecule has 0 aliphatic rings. The molecule has 1 N–H and O–H groups in total. The molecule has 2 unspecified atom stereocenters. The summed E-state index contributed by atoms with van der Waals surface area (Å²) >= 11 is 2.89. The molecule has 0 heterocycles. The second-order valence-corrected chi connectivity index (χ2v) is 11.4. The van der Waals surface area contributed by atoms with Crippen LogP contribution in [0.1, 0.15) is 31.1 Å². The van der Waals surface area contributed by atoms with Crippen molar-refractivity contribution in [3.05, 3.63) is 108 Å². The summed E-state index contributed by atoms with van der Waals surface area (Å²) in [6.45, 7) is 0.979. The predicted molar refractivity (Wildman–Crippen MR) is 172 cm³/mol. The van der Waals surface area contributed by atoms with Crippen LogP contribution in [0.3, 0.4) is 0 Å². The van der Waals surface area contributed by atoms with E-state index in [1.165, 1.54) is 12.1 Å². The van der Waals surface area contributed by atoms with Crippen LogP contribution in [0.5, 0.6) is 34.5 Å². The topological polar surface area (TPSA) is 110 Å². The Kier molecular flexibility index (Phi) is 12.9. The highest BCUT2D eigenvalue weighted by Crippen LogP contribution is 2.35. The van der Waals surface area contributed by atoms with Gasteiger partial charge >= 0.3 is 18.6 Å². The smallest absolute Gasteiger partial charge is 0.389 e. The maximum Gasteiger partial charge on any atom is 0.389 e. The van der Waals surface area contributed by atoms with Gasteiger partial charge in [-0.2, -0.15) is 8.78 Å². The number of carboxylic acid groups (broad SMARTS) is 1. The number of carbonyl (C=O) groups is 2. The zero-order valence-electron chi connectivity index (χ0n) is 25.5. The molecule has 0 amide bonds. The Morgan fingerprint density at radius 3 is 2.09 bits per heavy atom. The summed E-state index contributed by atoms with van der Waals surface area (Å²) in [7, 11) is 0. The summed E-state index contributed by atoms with van der Waals surface area (Å²) in [5.41, 5.74) is 1.79. The number of hydrogen-bond donors (Lipinski definition) is 1. The molecule has 0 aliphatic carbocycles. The van der Waals surface area contributed by atoms with Crippen molar-refractivity contribution in [2.45, 2.75) is 38.0 Å². The highest BCUT2D eigenvalue weighted by Gasteiger charge is 2.23. The largest absolute Gasteiger partial charge is 0.482 e. The van der Waals surface area contributed by atoms with Gasteiger partial charge in [-0.3, -0.25) is 0 Å². The normalized spacial score (nSPS) is 12.3. The number of halogens is 3. The van der Waals surface area contributed by atoms with Crippen molar-refractivity contribution in [3.8, 4) is 34.5 Å². The average Bonchev–Trinajstić information content (AvgIpc) is 3.04. The summed E-state index contributed by atoms with van der Waals surface area (Å²) in [5, 5.41) is 7.39. The fraction of sp³-hybridized carbons (Fsp3) is 0.257. The van der Waals surface area contributed by atoms with Gasteiger partial charge in [-0.25, -0.2) is 9.59 Å². The molecule has 0 saturated heterocycles. The van der Waals surface area contributed by atoms with Crippen molar-refractivity contribution in [2.24, 2.45) is 5.92 Å². The first-order valence-electron chi connectivity index (χ1n) is 14.5. The van der Waals surface area contributed by atoms with E-state index in [1.807, 2.05) is 48.5 Å². The third-order valence-electron chi connectivity index (χ3n) is 6.32. The Morgan fingerprint density at radius 2 is 1.43 bits per heavy atom. The minimum atomic E-state index is -3.24. The molecule has 4 aromatic rings. The summed E-state index contributed by atoms with van der Waals surface area (Å²) < 4.78 is 57.7. The molecule has 0 fully saturated rings. The molecule has 9 nitrogen and oxygen atoms in total. The van der Waals surface area contributed by atoms with Gasteiger partial charge in [-0.1, -0.05) is 44.2 Å². The molecule has 0 aliphatic heterocycles. The molecule has 2 atom stereocenters. The summed E-state index contributed by atoms with van der Waals surface area (Å²) in [5.74, 6) is 0.862. The summed E-state index contributed by atoms with van der Waals surface area (Å²) in [6.07, 6.45) is 0.146. The zero-order valence-corrected chi connectivity index (χ0v) is 27.1. The number of ether oxygens (including phenoxy) is 6. The van der Waals surface area contributed by atoms with Crippen LogP contribution in [-0.2, 0) is 25.5 Å². The zero-order chi connectivity index (χ0) is 33.8. The van der Waals surface area contributed by atoms with E-state index in [1.54, 1.807) is 36.4 Å². The molecule has 248 valence electrons. The molecule has 47 heavy (non-hydrogen) atoms. The van der Waals surface area contributed by atoms with E-state index in [4.69, 9.17) is 28.8 Å². The maximum atomic E-state index is 12.3. The van der Waals surface area contributed by atoms with E-state index in [2.05, 4.69) is 34.5 Å². The SMILES string of the molecule is CC(C)COC(Cc1cccc(Oc2ccc(OCC(=O)O)cc2)c1)c1ccccc1Oc1ccc(OC(Br)C(=O)OC(F)F)cc1. The first-order chi connectivity index (χ1) is 22.5. The number of benzene rings is 4. The van der Waals surface area contributed by atoms with Gasteiger partial charge in [-0.05, 0) is 94.1 Å². The number of aliphatic carboxylic acids is 1. The molecule has 0 spiro atoms. The van der Waals surface area contributed by atoms with Gasteiger partial charge in [0.05, 0.1) is 6.10 Å². The van der Waals surface area contributed by atoms with Crippen LogP contribution in [-0.4, -0.2) is 41.9 Å². The van der Waals surface area contributed by atoms with Crippen LogP contribution in [0.4, 0.5) is 8.78 Å². The van der Waals surface area contributed by atoms with Gasteiger partial charge in [0.2, 0.25) is 5.01 Å². The van der Waals surface area contributed by atoms with E-state index in [0.717, 1.165) is 11.1 Å². The Bertz CT molecular complexity index is 1600. The van der Waals surface area contributed by atoms with Crippen molar-refractivity contribution >= 4 is 27.9 Å². The van der Waals surface area contributed by atoms with E-state index in [0.29, 0.717) is 41.8 Å². The van der Waals surface area contributed by atoms with Crippen LogP contribution in [0.25, 0.3) is 0 Å². The number of rotatable bonds is 17. The lowest BCUT2D eigenvalue weighted by atomic mass is 10.00. The molecule has 12 heteroatoms. The van der Waals surface area contributed by atoms with Crippen molar-refractivity contribution in [1.29, 1.82) is 0 Å². The van der Waals surface area contributed by atoms with E-state index in [-0.39, 0.29) is 17.8 Å². The van der Waals surface area contributed by atoms with Crippen molar-refractivity contribution in [2.75, 3.05) is 13.2 Å². The Labute approximate surface area is 279 Å². The molecule has 0 aromatic heterocycles. The molecule has 4 rings (SSSR count). The third-order valence-corrected chi connectivity index (χ3v) is 6.88. The third kappa shape index (κ3) is 11.6. The predicted octanol–water partition coefficient (Wildman–Crippen LogP) is 8.56. The van der Waals surface area contributed by atoms with Crippen molar-refractivity contribution in [3.63, 3.8) is 0 Å². The fourth-order valence-electron chi connectivity index (χ4n) is 4.26. The van der Waals surface area contributed by atoms with Crippen LogP contribution < -0.4 is 18.9 Å². The monoisotopic (exact) mass is 714 g/mol. The lowest BCUT2D eigenvalue weighted by molar-refractivity contribution is -0.179. The average molecular weight is 716 g/mol. The van der Waals surface area contributed by atoms with Crippen LogP contribution in [0.15, 0.2) is 97.1 Å². The number of alkyl halides is 3. The second-order valence-electron chi connectivity index (χ2n) is 10.6. The Hall–Kier alpha value is -4.68. The molecule has 0 saturated carbocycles. The highest BCUT2D eigenvalue weighted by atomic mass is 79.9. The second kappa shape index (κ2) is 17.3. The molecule has 4 aromatic carbocycles. The molecular formula is C35H33BrF2O9. The van der Waals surface area contributed by atoms with E-state index < -0.39 is 30.2 Å². The Morgan fingerprint density at radius 1 is 0.787 bits per heavy atom. The standard InChI is InChI=1S/C35H33BrF2O9/c1-22(2)20-43-31(19-23-6-5-7-28(18-23)44-25-12-10-24(11-13-25)42-21-32(39)40)29-8-3-4-9-30(29)45-26-14-16-27(17-15-26)46-33(36)34(41)47-35(37)38/h3-18,22,31,33,35H,19-21H2,1-2H3,(H,39,40). The summed E-state index contributed by atoms with van der Waals surface area (Å²) in [4.78, 5) is 22.3. The van der Waals surface area contributed by atoms with Crippen LogP contribution in [0, 0.1) is 5.92 Å².